The second-order valence-electron chi connectivity index (χ2n) is 7.35. The van der Waals surface area contributed by atoms with Gasteiger partial charge in [-0.05, 0) is 43.7 Å². The van der Waals surface area contributed by atoms with Gasteiger partial charge >= 0.3 is 12.1 Å². The smallest absolute Gasteiger partial charge is 0.439 e. The highest BCUT2D eigenvalue weighted by atomic mass is 16.7. The summed E-state index contributed by atoms with van der Waals surface area (Å²) in [6.07, 6.45) is 3.15. The van der Waals surface area contributed by atoms with Gasteiger partial charge in [-0.1, -0.05) is 31.5 Å². The van der Waals surface area contributed by atoms with Crippen LogP contribution in [-0.4, -0.2) is 40.7 Å². The van der Waals surface area contributed by atoms with Crippen LogP contribution >= 0.6 is 0 Å². The van der Waals surface area contributed by atoms with E-state index in [9.17, 15) is 14.4 Å². The number of hydrogen-bond donors (Lipinski definition) is 1. The monoisotopic (exact) mass is 374 g/mol. The molecule has 0 spiro atoms. The van der Waals surface area contributed by atoms with E-state index < -0.39 is 23.9 Å². The van der Waals surface area contributed by atoms with E-state index in [1.165, 1.54) is 6.92 Å². The molecule has 0 saturated heterocycles. The molecule has 1 N–H and O–H groups in total. The molecule has 1 aromatic carbocycles. The fraction of sp³-hybridized carbons (Fsp3) is 0.550. The van der Waals surface area contributed by atoms with Crippen LogP contribution in [0.5, 0.6) is 0 Å². The lowest BCUT2D eigenvalue weighted by molar-refractivity contribution is -0.170. The lowest BCUT2D eigenvalue weighted by atomic mass is 9.88. The van der Waals surface area contributed by atoms with Crippen molar-refractivity contribution in [3.63, 3.8) is 0 Å². The zero-order chi connectivity index (χ0) is 19.6. The summed E-state index contributed by atoms with van der Waals surface area (Å²) in [6, 6.07) is 7.88. The van der Waals surface area contributed by atoms with E-state index in [0.29, 0.717) is 5.92 Å². The largest absolute Gasteiger partial charge is 0.481 e. The van der Waals surface area contributed by atoms with Crippen LogP contribution < -0.4 is 4.90 Å². The molecule has 1 aliphatic heterocycles. The maximum atomic E-state index is 13.0. The van der Waals surface area contributed by atoms with Crippen LogP contribution in [0.3, 0.4) is 0 Å². The van der Waals surface area contributed by atoms with E-state index in [4.69, 9.17) is 9.94 Å². The maximum Gasteiger partial charge on any atom is 0.439 e. The van der Waals surface area contributed by atoms with Crippen LogP contribution in [-0.2, 0) is 20.8 Å². The Hall–Kier alpha value is -2.57. The van der Waals surface area contributed by atoms with E-state index in [0.717, 1.165) is 42.0 Å². The lowest BCUT2D eigenvalue weighted by Crippen LogP contribution is -2.49. The number of aliphatic carboxylic acids is 1. The number of carboxylic acid groups (broad SMARTS) is 1. The van der Waals surface area contributed by atoms with Crippen molar-refractivity contribution in [2.45, 2.75) is 52.0 Å². The molecule has 3 rings (SSSR count). The number of fused-ring (bicyclic) bond motifs is 2. The summed E-state index contributed by atoms with van der Waals surface area (Å²) in [4.78, 5) is 43.5. The van der Waals surface area contributed by atoms with Gasteiger partial charge in [-0.15, -0.1) is 0 Å². The molecule has 2 amide bonds. The summed E-state index contributed by atoms with van der Waals surface area (Å²) in [7, 11) is 0. The number of para-hydroxylation sites is 1. The summed E-state index contributed by atoms with van der Waals surface area (Å²) >= 11 is 0. The van der Waals surface area contributed by atoms with Gasteiger partial charge in [-0.3, -0.25) is 14.5 Å². The minimum atomic E-state index is -1.06. The molecule has 27 heavy (non-hydrogen) atoms. The molecule has 0 radical (unpaired) electrons. The zero-order valence-electron chi connectivity index (χ0n) is 15.8. The molecule has 7 nitrogen and oxygen atoms in total. The number of rotatable bonds is 4. The van der Waals surface area contributed by atoms with Crippen molar-refractivity contribution < 1.29 is 24.3 Å². The Kier molecular flexibility index (Phi) is 5.68. The second-order valence-corrected chi connectivity index (χ2v) is 7.35. The predicted molar refractivity (Wildman–Crippen MR) is 99.0 cm³/mol. The number of carbonyl (C=O) groups excluding carboxylic acids is 2. The SMILES string of the molecule is CCN(OC(=O)N1c2ccccc2CC2CCCC21)C(=O)[C@H](C)CC(=O)O. The molecule has 1 aromatic rings. The third-order valence-corrected chi connectivity index (χ3v) is 5.50. The van der Waals surface area contributed by atoms with Gasteiger partial charge in [0.2, 0.25) is 0 Å². The van der Waals surface area contributed by atoms with Crippen molar-refractivity contribution in [3.8, 4) is 0 Å². The van der Waals surface area contributed by atoms with Crippen molar-refractivity contribution in [2.75, 3.05) is 11.4 Å². The predicted octanol–water partition coefficient (Wildman–Crippen LogP) is 3.23. The van der Waals surface area contributed by atoms with Crippen LogP contribution in [0, 0.1) is 11.8 Å². The van der Waals surface area contributed by atoms with Gasteiger partial charge in [0.05, 0.1) is 18.7 Å². The highest BCUT2D eigenvalue weighted by Crippen LogP contribution is 2.42. The van der Waals surface area contributed by atoms with Crippen molar-refractivity contribution in [3.05, 3.63) is 29.8 Å². The number of hydrogen-bond acceptors (Lipinski definition) is 4. The molecular formula is C20H26N2O5. The molecule has 3 atom stereocenters. The normalized spacial score (nSPS) is 21.8. The van der Waals surface area contributed by atoms with Gasteiger partial charge in [0.1, 0.15) is 0 Å². The molecule has 1 aliphatic carbocycles. The first kappa shape index (κ1) is 19.2. The second kappa shape index (κ2) is 7.98. The fourth-order valence-electron chi connectivity index (χ4n) is 4.21. The van der Waals surface area contributed by atoms with Gasteiger partial charge < -0.3 is 9.94 Å². The quantitative estimate of drug-likeness (QED) is 0.818. The Labute approximate surface area is 158 Å². The molecule has 1 fully saturated rings. The molecule has 0 bridgehead atoms. The lowest BCUT2D eigenvalue weighted by Gasteiger charge is -2.39. The number of benzene rings is 1. The summed E-state index contributed by atoms with van der Waals surface area (Å²) in [5.74, 6) is -1.91. The Bertz CT molecular complexity index is 735. The van der Waals surface area contributed by atoms with E-state index in [1.807, 2.05) is 24.3 Å². The molecule has 7 heteroatoms. The summed E-state index contributed by atoms with van der Waals surface area (Å²) in [5.41, 5.74) is 1.96. The highest BCUT2D eigenvalue weighted by Gasteiger charge is 2.42. The summed E-state index contributed by atoms with van der Waals surface area (Å²) in [6.45, 7) is 3.38. The van der Waals surface area contributed by atoms with Crippen LogP contribution in [0.15, 0.2) is 24.3 Å². The van der Waals surface area contributed by atoms with Gasteiger partial charge in [0.15, 0.2) is 0 Å². The van der Waals surface area contributed by atoms with Crippen molar-refractivity contribution in [2.24, 2.45) is 11.8 Å². The van der Waals surface area contributed by atoms with Crippen LogP contribution in [0.4, 0.5) is 10.5 Å². The van der Waals surface area contributed by atoms with Gasteiger partial charge in [-0.25, -0.2) is 4.79 Å². The zero-order valence-corrected chi connectivity index (χ0v) is 15.8. The van der Waals surface area contributed by atoms with Crippen LogP contribution in [0.1, 0.15) is 45.1 Å². The van der Waals surface area contributed by atoms with Crippen LogP contribution in [0.2, 0.25) is 0 Å². The first-order valence-electron chi connectivity index (χ1n) is 9.54. The number of hydroxylamine groups is 2. The number of amides is 2. The minimum Gasteiger partial charge on any atom is -0.481 e. The first-order chi connectivity index (χ1) is 12.9. The molecule has 0 aromatic heterocycles. The molecule has 1 saturated carbocycles. The molecule has 1 heterocycles. The average molecular weight is 374 g/mol. The number of nitrogens with zero attached hydrogens (tertiary/aromatic N) is 2. The van der Waals surface area contributed by atoms with Crippen molar-refractivity contribution in [1.29, 1.82) is 0 Å². The van der Waals surface area contributed by atoms with Crippen LogP contribution in [0.25, 0.3) is 0 Å². The Morgan fingerprint density at radius 1 is 1.30 bits per heavy atom. The Morgan fingerprint density at radius 3 is 2.74 bits per heavy atom. The Balaban J connectivity index is 1.79. The topological polar surface area (TPSA) is 87.2 Å². The van der Waals surface area contributed by atoms with Crippen molar-refractivity contribution >= 4 is 23.7 Å². The summed E-state index contributed by atoms with van der Waals surface area (Å²) in [5, 5.41) is 9.88. The fourth-order valence-corrected chi connectivity index (χ4v) is 4.21. The average Bonchev–Trinajstić information content (AvgIpc) is 3.10. The molecule has 2 aliphatic rings. The van der Waals surface area contributed by atoms with E-state index in [-0.39, 0.29) is 19.0 Å². The minimum absolute atomic E-state index is 0.0812. The number of anilines is 1. The van der Waals surface area contributed by atoms with Gasteiger partial charge in [0.25, 0.3) is 5.91 Å². The standard InChI is InChI=1S/C20H26N2O5/c1-3-21(19(25)13(2)11-18(23)24)27-20(26)22-16-9-5-4-7-14(16)12-15-8-6-10-17(15)22/h4-5,7,9,13,15,17H,3,6,8,10-12H2,1-2H3,(H,23,24)/t13-,15?,17?/m1/s1. The third-order valence-electron chi connectivity index (χ3n) is 5.50. The van der Waals surface area contributed by atoms with E-state index in [2.05, 4.69) is 0 Å². The van der Waals surface area contributed by atoms with E-state index >= 15 is 0 Å². The molecule has 2 unspecified atom stereocenters. The van der Waals surface area contributed by atoms with Gasteiger partial charge in [0, 0.05) is 12.0 Å². The van der Waals surface area contributed by atoms with Crippen molar-refractivity contribution in [1.82, 2.24) is 5.06 Å². The van der Waals surface area contributed by atoms with E-state index in [1.54, 1.807) is 11.8 Å². The summed E-state index contributed by atoms with van der Waals surface area (Å²) < 4.78 is 0. The number of carboxylic acids is 1. The first-order valence-corrected chi connectivity index (χ1v) is 9.54. The highest BCUT2D eigenvalue weighted by molar-refractivity contribution is 5.91. The Morgan fingerprint density at radius 2 is 2.04 bits per heavy atom. The third kappa shape index (κ3) is 3.91. The maximum absolute atomic E-state index is 13.0. The molecule has 146 valence electrons. The molecular weight excluding hydrogens is 348 g/mol. The number of carbonyl (C=O) groups is 3. The van der Waals surface area contributed by atoms with Gasteiger partial charge in [-0.2, -0.15) is 5.06 Å².